The van der Waals surface area contributed by atoms with Crippen molar-refractivity contribution in [3.8, 4) is 0 Å². The molecule has 0 aliphatic carbocycles. The Labute approximate surface area is 142 Å². The van der Waals surface area contributed by atoms with E-state index in [2.05, 4.69) is 11.9 Å². The molecule has 0 aliphatic heterocycles. The lowest BCUT2D eigenvalue weighted by Gasteiger charge is -2.25. The van der Waals surface area contributed by atoms with Gasteiger partial charge in [-0.15, -0.1) is 0 Å². The van der Waals surface area contributed by atoms with Crippen LogP contribution in [0.15, 0.2) is 36.9 Å². The Hall–Kier alpha value is -2.64. The van der Waals surface area contributed by atoms with Gasteiger partial charge in [-0.1, -0.05) is 24.8 Å². The summed E-state index contributed by atoms with van der Waals surface area (Å²) in [6.07, 6.45) is -4.28. The summed E-state index contributed by atoms with van der Waals surface area (Å²) in [5, 5.41) is 2.29. The molecule has 0 radical (unpaired) electrons. The van der Waals surface area contributed by atoms with E-state index in [4.69, 9.17) is 4.74 Å². The van der Waals surface area contributed by atoms with Gasteiger partial charge in [0.2, 0.25) is 0 Å². The van der Waals surface area contributed by atoms with Crippen molar-refractivity contribution < 1.29 is 32.3 Å². The average Bonchev–Trinajstić information content (AvgIpc) is 2.50. The number of ether oxygens (including phenoxy) is 1. The summed E-state index contributed by atoms with van der Waals surface area (Å²) >= 11 is 0. The lowest BCUT2D eigenvalue weighted by atomic mass is 9.86. The van der Waals surface area contributed by atoms with Crippen molar-refractivity contribution in [3.05, 3.63) is 48.0 Å². The van der Waals surface area contributed by atoms with Gasteiger partial charge in [0.05, 0.1) is 11.6 Å². The first-order chi connectivity index (χ1) is 11.6. The second-order valence-electron chi connectivity index (χ2n) is 5.33. The number of benzene rings is 1. The van der Waals surface area contributed by atoms with Crippen molar-refractivity contribution in [2.24, 2.45) is 5.92 Å². The molecule has 25 heavy (non-hydrogen) atoms. The summed E-state index contributed by atoms with van der Waals surface area (Å²) in [6.45, 7) is 5.49. The van der Waals surface area contributed by atoms with Crippen LogP contribution in [0.5, 0.6) is 0 Å². The van der Waals surface area contributed by atoms with Gasteiger partial charge in [-0.2, -0.15) is 13.2 Å². The molecule has 0 aliphatic rings. The molecule has 1 N–H and O–H groups in total. The number of ketones is 2. The summed E-state index contributed by atoms with van der Waals surface area (Å²) in [7, 11) is 0. The maximum Gasteiger partial charge on any atom is 0.416 e. The van der Waals surface area contributed by atoms with E-state index in [-0.39, 0.29) is 12.2 Å². The molecule has 1 aromatic carbocycles. The van der Waals surface area contributed by atoms with Crippen LogP contribution in [-0.2, 0) is 20.5 Å². The molecule has 1 rings (SSSR count). The first-order valence-electron chi connectivity index (χ1n) is 7.30. The van der Waals surface area contributed by atoms with Crippen LogP contribution in [0.2, 0.25) is 0 Å². The number of rotatable bonds is 7. The van der Waals surface area contributed by atoms with E-state index in [1.807, 2.05) is 0 Å². The Bertz CT molecular complexity index is 656. The lowest BCUT2D eigenvalue weighted by molar-refractivity contribution is -0.137. The summed E-state index contributed by atoms with van der Waals surface area (Å²) < 4.78 is 43.5. The highest BCUT2D eigenvalue weighted by Gasteiger charge is 2.35. The predicted octanol–water partition coefficient (Wildman–Crippen LogP) is 3.45. The van der Waals surface area contributed by atoms with Gasteiger partial charge >= 0.3 is 12.3 Å². The van der Waals surface area contributed by atoms with Crippen molar-refractivity contribution in [1.82, 2.24) is 5.32 Å². The van der Waals surface area contributed by atoms with E-state index in [9.17, 15) is 27.6 Å². The first-order valence-corrected chi connectivity index (χ1v) is 7.30. The number of alkyl carbamates (subject to hydrolysis) is 1. The minimum Gasteiger partial charge on any atom is -0.445 e. The number of alkyl halides is 3. The molecule has 136 valence electrons. The van der Waals surface area contributed by atoms with E-state index < -0.39 is 41.4 Å². The second kappa shape index (κ2) is 8.46. The van der Waals surface area contributed by atoms with Gasteiger partial charge in [0, 0.05) is 0 Å². The average molecular weight is 357 g/mol. The van der Waals surface area contributed by atoms with Gasteiger partial charge in [-0.05, 0) is 31.5 Å². The van der Waals surface area contributed by atoms with E-state index in [0.29, 0.717) is 0 Å². The number of amides is 1. The van der Waals surface area contributed by atoms with Gasteiger partial charge in [0.15, 0.2) is 0 Å². The smallest absolute Gasteiger partial charge is 0.416 e. The molecule has 0 spiro atoms. The van der Waals surface area contributed by atoms with Crippen molar-refractivity contribution in [2.75, 3.05) is 6.61 Å². The quantitative estimate of drug-likeness (QED) is 0.599. The summed E-state index contributed by atoms with van der Waals surface area (Å²) in [5.74, 6) is -2.50. The molecule has 5 nitrogen and oxygen atoms in total. The molecule has 1 amide bonds. The standard InChI is InChI=1S/C17H18F3NO4/c1-4-8-25-16(24)21-15(14(10(2)22)11(3)23)12-6-5-7-13(9-12)17(18,19)20/h4-7,9,14-15H,1,8H2,2-3H3,(H,21,24)/t15-/m1/s1. The number of hydrogen-bond donors (Lipinski definition) is 1. The second-order valence-corrected chi connectivity index (χ2v) is 5.33. The predicted molar refractivity (Wildman–Crippen MR) is 83.7 cm³/mol. The molecule has 0 saturated heterocycles. The number of halogens is 3. The molecular weight excluding hydrogens is 339 g/mol. The molecule has 1 aromatic rings. The van der Waals surface area contributed by atoms with Crippen LogP contribution in [0.4, 0.5) is 18.0 Å². The van der Waals surface area contributed by atoms with Gasteiger partial charge in [0.25, 0.3) is 0 Å². The minimum absolute atomic E-state index is 0.0271. The monoisotopic (exact) mass is 357 g/mol. The zero-order valence-electron chi connectivity index (χ0n) is 13.7. The zero-order valence-corrected chi connectivity index (χ0v) is 13.7. The molecule has 8 heteroatoms. The highest BCUT2D eigenvalue weighted by Crippen LogP contribution is 2.32. The fourth-order valence-electron chi connectivity index (χ4n) is 2.33. The third-order valence-electron chi connectivity index (χ3n) is 3.39. The SMILES string of the molecule is C=CCOC(=O)N[C@H](c1cccc(C(F)(F)F)c1)C(C(C)=O)C(C)=O. The third kappa shape index (κ3) is 5.74. The van der Waals surface area contributed by atoms with Crippen molar-refractivity contribution >= 4 is 17.7 Å². The highest BCUT2D eigenvalue weighted by molar-refractivity contribution is 6.01. The van der Waals surface area contributed by atoms with Crippen LogP contribution in [0, 0.1) is 5.92 Å². The van der Waals surface area contributed by atoms with Crippen LogP contribution in [-0.4, -0.2) is 24.3 Å². The summed E-state index contributed by atoms with van der Waals surface area (Å²) in [5.41, 5.74) is -0.983. The normalized spacial score (nSPS) is 12.4. The molecular formula is C17H18F3NO4. The third-order valence-corrected chi connectivity index (χ3v) is 3.39. The van der Waals surface area contributed by atoms with Crippen LogP contribution < -0.4 is 5.32 Å². The fourth-order valence-corrected chi connectivity index (χ4v) is 2.33. The largest absolute Gasteiger partial charge is 0.445 e. The Morgan fingerprint density at radius 1 is 1.24 bits per heavy atom. The Balaban J connectivity index is 3.30. The van der Waals surface area contributed by atoms with Crippen LogP contribution >= 0.6 is 0 Å². The van der Waals surface area contributed by atoms with E-state index in [1.165, 1.54) is 12.1 Å². The van der Waals surface area contributed by atoms with Gasteiger partial charge in [-0.25, -0.2) is 4.79 Å². The molecule has 0 fully saturated rings. The maximum atomic E-state index is 12.9. The zero-order chi connectivity index (χ0) is 19.2. The van der Waals surface area contributed by atoms with Crippen molar-refractivity contribution in [3.63, 3.8) is 0 Å². The molecule has 0 bridgehead atoms. The number of carbonyl (C=O) groups excluding carboxylic acids is 3. The number of carbonyl (C=O) groups is 3. The first kappa shape index (κ1) is 20.4. The maximum absolute atomic E-state index is 12.9. The summed E-state index contributed by atoms with van der Waals surface area (Å²) in [6, 6.07) is 2.80. The molecule has 0 unspecified atom stereocenters. The molecule has 0 aromatic heterocycles. The Kier molecular flexibility index (Phi) is 6.90. The molecule has 0 saturated carbocycles. The number of Topliss-reactive ketones (excluding diaryl/α,β-unsaturated/α-hetero) is 2. The van der Waals surface area contributed by atoms with Gasteiger partial charge in [0.1, 0.15) is 24.1 Å². The van der Waals surface area contributed by atoms with E-state index in [0.717, 1.165) is 32.0 Å². The van der Waals surface area contributed by atoms with Crippen LogP contribution in [0.1, 0.15) is 31.0 Å². The number of nitrogens with one attached hydrogen (secondary N) is 1. The summed E-state index contributed by atoms with van der Waals surface area (Å²) in [4.78, 5) is 35.4. The van der Waals surface area contributed by atoms with E-state index in [1.54, 1.807) is 0 Å². The molecule has 1 atom stereocenters. The minimum atomic E-state index is -4.61. The van der Waals surface area contributed by atoms with Gasteiger partial charge in [-0.3, -0.25) is 9.59 Å². The van der Waals surface area contributed by atoms with Gasteiger partial charge < -0.3 is 10.1 Å². The lowest BCUT2D eigenvalue weighted by Crippen LogP contribution is -2.39. The molecule has 0 heterocycles. The number of hydrogen-bond acceptors (Lipinski definition) is 4. The topological polar surface area (TPSA) is 72.5 Å². The van der Waals surface area contributed by atoms with Crippen LogP contribution in [0.3, 0.4) is 0 Å². The van der Waals surface area contributed by atoms with Crippen molar-refractivity contribution in [1.29, 1.82) is 0 Å². The Morgan fingerprint density at radius 2 is 1.84 bits per heavy atom. The highest BCUT2D eigenvalue weighted by atomic mass is 19.4. The van der Waals surface area contributed by atoms with E-state index >= 15 is 0 Å². The Morgan fingerprint density at radius 3 is 2.32 bits per heavy atom. The van der Waals surface area contributed by atoms with Crippen molar-refractivity contribution in [2.45, 2.75) is 26.1 Å². The fraction of sp³-hybridized carbons (Fsp3) is 0.353. The van der Waals surface area contributed by atoms with Crippen LogP contribution in [0.25, 0.3) is 0 Å².